The van der Waals surface area contributed by atoms with Crippen LogP contribution in [0.15, 0.2) is 70.7 Å². The first kappa shape index (κ1) is 19.4. The lowest BCUT2D eigenvalue weighted by Gasteiger charge is -2.15. The lowest BCUT2D eigenvalue weighted by molar-refractivity contribution is 0.0692. The number of methoxy groups -OCH3 is 1. The Morgan fingerprint density at radius 1 is 1.14 bits per heavy atom. The fourth-order valence-electron chi connectivity index (χ4n) is 2.85. The highest BCUT2D eigenvalue weighted by Crippen LogP contribution is 2.33. The number of nitrogens with two attached hydrogens (primary N) is 1. The van der Waals surface area contributed by atoms with E-state index < -0.39 is 20.7 Å². The van der Waals surface area contributed by atoms with Gasteiger partial charge in [-0.1, -0.05) is 12.1 Å². The molecule has 0 radical (unpaired) electrons. The van der Waals surface area contributed by atoms with Crippen molar-refractivity contribution in [1.82, 2.24) is 4.98 Å². The number of rotatable bonds is 6. The first-order valence-corrected chi connectivity index (χ1v) is 9.75. The van der Waals surface area contributed by atoms with E-state index in [2.05, 4.69) is 4.98 Å². The van der Waals surface area contributed by atoms with Crippen molar-refractivity contribution in [1.29, 1.82) is 0 Å². The monoisotopic (exact) mass is 398 g/mol. The standard InChI is InChI=1S/C20H18N2O5S/c1-27-15-5-7-16(8-6-15)28(25,26)19-17(20(23)24)9-4-14(18(19)21)11-13-3-2-10-22-12-13/h2-10,12H,11,21H2,1H3,(H,23,24). The van der Waals surface area contributed by atoms with Gasteiger partial charge in [0.25, 0.3) is 0 Å². The second kappa shape index (κ2) is 7.69. The number of hydrogen-bond donors (Lipinski definition) is 2. The lowest BCUT2D eigenvalue weighted by atomic mass is 10.0. The number of carbonyl (C=O) groups is 1. The third-order valence-electron chi connectivity index (χ3n) is 4.27. The van der Waals surface area contributed by atoms with Crippen molar-refractivity contribution in [2.75, 3.05) is 12.8 Å². The third kappa shape index (κ3) is 3.67. The molecule has 3 N–H and O–H groups in total. The van der Waals surface area contributed by atoms with Crippen LogP contribution in [0.4, 0.5) is 5.69 Å². The summed E-state index contributed by atoms with van der Waals surface area (Å²) >= 11 is 0. The van der Waals surface area contributed by atoms with E-state index in [1.54, 1.807) is 18.5 Å². The van der Waals surface area contributed by atoms with Gasteiger partial charge in [0, 0.05) is 18.8 Å². The van der Waals surface area contributed by atoms with Crippen molar-refractivity contribution in [3.05, 3.63) is 77.6 Å². The Morgan fingerprint density at radius 2 is 1.86 bits per heavy atom. The highest BCUT2D eigenvalue weighted by Gasteiger charge is 2.28. The maximum atomic E-state index is 13.2. The van der Waals surface area contributed by atoms with Gasteiger partial charge in [0.1, 0.15) is 10.6 Å². The third-order valence-corrected chi connectivity index (χ3v) is 6.14. The number of sulfone groups is 1. The van der Waals surface area contributed by atoms with Gasteiger partial charge >= 0.3 is 5.97 Å². The molecule has 3 aromatic rings. The van der Waals surface area contributed by atoms with Crippen LogP contribution in [0.3, 0.4) is 0 Å². The molecule has 8 heteroatoms. The predicted molar refractivity (Wildman–Crippen MR) is 103 cm³/mol. The molecule has 2 aromatic carbocycles. The fraction of sp³-hybridized carbons (Fsp3) is 0.100. The van der Waals surface area contributed by atoms with E-state index in [-0.39, 0.29) is 16.1 Å². The summed E-state index contributed by atoms with van der Waals surface area (Å²) in [6, 6.07) is 12.1. The van der Waals surface area contributed by atoms with Crippen LogP contribution in [0, 0.1) is 0 Å². The van der Waals surface area contributed by atoms with Crippen LogP contribution in [0.2, 0.25) is 0 Å². The number of aromatic nitrogens is 1. The molecule has 0 saturated carbocycles. The van der Waals surface area contributed by atoms with E-state index in [9.17, 15) is 18.3 Å². The molecule has 7 nitrogen and oxygen atoms in total. The number of nitrogens with zero attached hydrogens (tertiary/aromatic N) is 1. The second-order valence-corrected chi connectivity index (χ2v) is 7.92. The molecule has 3 rings (SSSR count). The van der Waals surface area contributed by atoms with Crippen LogP contribution in [-0.2, 0) is 16.3 Å². The van der Waals surface area contributed by atoms with Crippen molar-refractivity contribution >= 4 is 21.5 Å². The lowest BCUT2D eigenvalue weighted by Crippen LogP contribution is -2.14. The van der Waals surface area contributed by atoms with E-state index in [0.29, 0.717) is 17.7 Å². The number of carboxylic acid groups (broad SMARTS) is 1. The Labute approximate surface area is 162 Å². The molecule has 0 aliphatic heterocycles. The van der Waals surface area contributed by atoms with Gasteiger partial charge < -0.3 is 15.6 Å². The fourth-order valence-corrected chi connectivity index (χ4v) is 4.44. The van der Waals surface area contributed by atoms with Crippen molar-refractivity contribution in [3.63, 3.8) is 0 Å². The summed E-state index contributed by atoms with van der Waals surface area (Å²) in [5, 5.41) is 9.51. The summed E-state index contributed by atoms with van der Waals surface area (Å²) in [6.07, 6.45) is 3.59. The minimum atomic E-state index is -4.16. The Balaban J connectivity index is 2.16. The number of ether oxygens (including phenoxy) is 1. The Hall–Kier alpha value is -3.39. The van der Waals surface area contributed by atoms with Gasteiger partial charge in [0.2, 0.25) is 9.84 Å². The number of pyridine rings is 1. The first-order valence-electron chi connectivity index (χ1n) is 8.27. The SMILES string of the molecule is COc1ccc(S(=O)(=O)c2c(C(=O)O)ccc(Cc3cccnc3)c2N)cc1. The molecule has 0 atom stereocenters. The number of nitrogen functional groups attached to an aromatic ring is 1. The number of aromatic carboxylic acids is 1. The molecule has 144 valence electrons. The maximum absolute atomic E-state index is 13.2. The molecule has 1 heterocycles. The number of carboxylic acids is 1. The maximum Gasteiger partial charge on any atom is 0.337 e. The van der Waals surface area contributed by atoms with Gasteiger partial charge in [-0.3, -0.25) is 4.98 Å². The minimum Gasteiger partial charge on any atom is -0.497 e. The molecule has 0 unspecified atom stereocenters. The molecule has 1 aromatic heterocycles. The molecular formula is C20H18N2O5S. The summed E-state index contributed by atoms with van der Waals surface area (Å²) in [5.41, 5.74) is 7.03. The smallest absolute Gasteiger partial charge is 0.337 e. The molecule has 0 bridgehead atoms. The van der Waals surface area contributed by atoms with E-state index in [1.165, 1.54) is 43.5 Å². The summed E-state index contributed by atoms with van der Waals surface area (Å²) in [6.45, 7) is 0. The van der Waals surface area contributed by atoms with Crippen molar-refractivity contribution in [2.24, 2.45) is 0 Å². The first-order chi connectivity index (χ1) is 13.3. The van der Waals surface area contributed by atoms with Gasteiger partial charge in [-0.15, -0.1) is 0 Å². The summed E-state index contributed by atoms with van der Waals surface area (Å²) in [7, 11) is -2.70. The van der Waals surface area contributed by atoms with E-state index in [4.69, 9.17) is 10.5 Å². The van der Waals surface area contributed by atoms with Gasteiger partial charge in [-0.05, 0) is 47.5 Å². The normalized spacial score (nSPS) is 11.2. The molecule has 28 heavy (non-hydrogen) atoms. The van der Waals surface area contributed by atoms with Gasteiger partial charge in [-0.25, -0.2) is 13.2 Å². The van der Waals surface area contributed by atoms with E-state index in [1.807, 2.05) is 6.07 Å². The largest absolute Gasteiger partial charge is 0.497 e. The van der Waals surface area contributed by atoms with Crippen molar-refractivity contribution < 1.29 is 23.1 Å². The summed E-state index contributed by atoms with van der Waals surface area (Å²) < 4.78 is 31.4. The van der Waals surface area contributed by atoms with Crippen LogP contribution in [0.25, 0.3) is 0 Å². The average Bonchev–Trinajstić information content (AvgIpc) is 2.69. The molecular weight excluding hydrogens is 380 g/mol. The van der Waals surface area contributed by atoms with Gasteiger partial charge in [0.05, 0.1) is 23.3 Å². The van der Waals surface area contributed by atoms with Gasteiger partial charge in [0.15, 0.2) is 0 Å². The average molecular weight is 398 g/mol. The zero-order chi connectivity index (χ0) is 20.3. The molecule has 0 amide bonds. The highest BCUT2D eigenvalue weighted by molar-refractivity contribution is 7.91. The van der Waals surface area contributed by atoms with Crippen molar-refractivity contribution in [2.45, 2.75) is 16.2 Å². The van der Waals surface area contributed by atoms with Crippen molar-refractivity contribution in [3.8, 4) is 5.75 Å². The Morgan fingerprint density at radius 3 is 2.43 bits per heavy atom. The number of hydrogen-bond acceptors (Lipinski definition) is 6. The summed E-state index contributed by atoms with van der Waals surface area (Å²) in [5.74, 6) is -0.887. The Kier molecular flexibility index (Phi) is 5.32. The quantitative estimate of drug-likeness (QED) is 0.613. The Bertz CT molecular complexity index is 1110. The van der Waals surface area contributed by atoms with Crippen LogP contribution in [0.1, 0.15) is 21.5 Å². The minimum absolute atomic E-state index is 0.0685. The summed E-state index contributed by atoms with van der Waals surface area (Å²) in [4.78, 5) is 15.2. The zero-order valence-corrected chi connectivity index (χ0v) is 15.8. The zero-order valence-electron chi connectivity index (χ0n) is 15.0. The number of anilines is 1. The number of benzene rings is 2. The highest BCUT2D eigenvalue weighted by atomic mass is 32.2. The van der Waals surface area contributed by atoms with E-state index >= 15 is 0 Å². The topological polar surface area (TPSA) is 120 Å². The molecule has 0 spiro atoms. The molecule has 0 aliphatic carbocycles. The molecule has 0 aliphatic rings. The molecule has 0 saturated heterocycles. The van der Waals surface area contributed by atoms with Gasteiger partial charge in [-0.2, -0.15) is 0 Å². The second-order valence-electron chi connectivity index (χ2n) is 6.04. The molecule has 0 fully saturated rings. The van der Waals surface area contributed by atoms with Crippen LogP contribution < -0.4 is 10.5 Å². The van der Waals surface area contributed by atoms with Crippen LogP contribution in [0.5, 0.6) is 5.75 Å². The predicted octanol–water partition coefficient (Wildman–Crippen LogP) is 2.79. The van der Waals surface area contributed by atoms with Crippen LogP contribution in [-0.4, -0.2) is 31.6 Å². The van der Waals surface area contributed by atoms with E-state index in [0.717, 1.165) is 5.56 Å². The van der Waals surface area contributed by atoms with Crippen LogP contribution >= 0.6 is 0 Å².